The monoisotopic (exact) mass is 252 g/mol. The van der Waals surface area contributed by atoms with Gasteiger partial charge >= 0.3 is 0 Å². The predicted octanol–water partition coefficient (Wildman–Crippen LogP) is 4.83. The topological polar surface area (TPSA) is 0 Å². The molecule has 1 heterocycles. The molecule has 0 amide bonds. The summed E-state index contributed by atoms with van der Waals surface area (Å²) in [7, 11) is 0. The second kappa shape index (κ2) is 4.17. The normalized spacial score (nSPS) is 20.8. The van der Waals surface area contributed by atoms with Gasteiger partial charge in [-0.25, -0.2) is 0 Å². The summed E-state index contributed by atoms with van der Waals surface area (Å²) in [5.74, 6) is 1.33. The molecule has 0 nitrogen and oxygen atoms in total. The first kappa shape index (κ1) is 10.7. The van der Waals surface area contributed by atoms with Crippen molar-refractivity contribution < 1.29 is 0 Å². The Morgan fingerprint density at radius 3 is 2.72 bits per heavy atom. The van der Waals surface area contributed by atoms with E-state index >= 15 is 0 Å². The van der Waals surface area contributed by atoms with Crippen LogP contribution in [0.1, 0.15) is 34.8 Å². The first-order valence-corrected chi connectivity index (χ1v) is 7.80. The van der Waals surface area contributed by atoms with E-state index in [0.29, 0.717) is 0 Å². The van der Waals surface area contributed by atoms with E-state index in [-0.39, 0.29) is 0 Å². The van der Waals surface area contributed by atoms with Crippen LogP contribution in [0.5, 0.6) is 0 Å². The summed E-state index contributed by atoms with van der Waals surface area (Å²) in [6.07, 6.45) is 3.88. The van der Waals surface area contributed by atoms with Gasteiger partial charge in [0.15, 0.2) is 0 Å². The van der Waals surface area contributed by atoms with E-state index in [9.17, 15) is 0 Å². The van der Waals surface area contributed by atoms with Crippen molar-refractivity contribution in [2.45, 2.75) is 24.5 Å². The summed E-state index contributed by atoms with van der Waals surface area (Å²) in [6.45, 7) is 0. The Labute approximate surface area is 112 Å². The Balaban J connectivity index is 1.86. The van der Waals surface area contributed by atoms with Gasteiger partial charge in [0.1, 0.15) is 0 Å². The molecule has 1 saturated heterocycles. The molecule has 1 fully saturated rings. The van der Waals surface area contributed by atoms with E-state index in [2.05, 4.69) is 54.2 Å². The maximum absolute atomic E-state index is 2.35. The van der Waals surface area contributed by atoms with Gasteiger partial charge in [-0.15, -0.1) is 0 Å². The molecule has 1 aliphatic heterocycles. The molecular weight excluding hydrogens is 236 g/mol. The average Bonchev–Trinajstić information content (AvgIpc) is 3.05. The van der Waals surface area contributed by atoms with Gasteiger partial charge in [-0.05, 0) is 52.8 Å². The summed E-state index contributed by atoms with van der Waals surface area (Å²) in [5, 5.41) is 0.745. The third-order valence-corrected chi connectivity index (χ3v) is 5.58. The molecule has 1 atom stereocenters. The van der Waals surface area contributed by atoms with Crippen molar-refractivity contribution in [1.82, 2.24) is 0 Å². The molecule has 0 spiro atoms. The van der Waals surface area contributed by atoms with E-state index in [0.717, 1.165) is 11.7 Å². The van der Waals surface area contributed by atoms with Gasteiger partial charge in [-0.3, -0.25) is 0 Å². The lowest BCUT2D eigenvalue weighted by atomic mass is 9.97. The van der Waals surface area contributed by atoms with Crippen molar-refractivity contribution in [3.63, 3.8) is 0 Å². The average molecular weight is 252 g/mol. The molecule has 0 bridgehead atoms. The summed E-state index contributed by atoms with van der Waals surface area (Å²) >= 11 is 2.14. The van der Waals surface area contributed by atoms with Crippen LogP contribution < -0.4 is 0 Å². The Morgan fingerprint density at radius 1 is 0.944 bits per heavy atom. The van der Waals surface area contributed by atoms with E-state index in [4.69, 9.17) is 0 Å². The van der Waals surface area contributed by atoms with Crippen LogP contribution in [0.2, 0.25) is 0 Å². The number of rotatable bonds is 1. The molecule has 90 valence electrons. The van der Waals surface area contributed by atoms with Crippen LogP contribution in [0.15, 0.2) is 42.5 Å². The summed E-state index contributed by atoms with van der Waals surface area (Å²) in [4.78, 5) is 0. The van der Waals surface area contributed by atoms with Gasteiger partial charge in [0.25, 0.3) is 0 Å². The molecule has 0 aromatic heterocycles. The fraction of sp³-hybridized carbons (Fsp3) is 0.294. The van der Waals surface area contributed by atoms with Crippen LogP contribution in [-0.2, 0) is 6.42 Å². The Kier molecular flexibility index (Phi) is 2.47. The highest BCUT2D eigenvalue weighted by atomic mass is 32.2. The maximum Gasteiger partial charge on any atom is 0.0300 e. The maximum atomic E-state index is 2.35. The van der Waals surface area contributed by atoms with Gasteiger partial charge in [0.05, 0.1) is 0 Å². The minimum Gasteiger partial charge on any atom is -0.154 e. The molecule has 1 heteroatoms. The van der Waals surface area contributed by atoms with E-state index in [1.54, 1.807) is 11.1 Å². The fourth-order valence-electron chi connectivity index (χ4n) is 3.31. The number of thioether (sulfide) groups is 1. The van der Waals surface area contributed by atoms with Crippen LogP contribution in [0.4, 0.5) is 0 Å². The summed E-state index contributed by atoms with van der Waals surface area (Å²) in [6, 6.07) is 15.8. The van der Waals surface area contributed by atoms with Crippen molar-refractivity contribution in [3.05, 3.63) is 59.2 Å². The number of fused-ring (bicyclic) bond motifs is 3. The Hall–Kier alpha value is -1.21. The molecule has 4 rings (SSSR count). The fourth-order valence-corrected chi connectivity index (χ4v) is 4.66. The zero-order valence-electron chi connectivity index (χ0n) is 10.4. The summed E-state index contributed by atoms with van der Waals surface area (Å²) < 4.78 is 0. The number of hydrogen-bond acceptors (Lipinski definition) is 1. The summed E-state index contributed by atoms with van der Waals surface area (Å²) in [5.41, 5.74) is 7.64. The third-order valence-electron chi connectivity index (χ3n) is 4.16. The van der Waals surface area contributed by atoms with Crippen molar-refractivity contribution in [2.24, 2.45) is 0 Å². The zero-order chi connectivity index (χ0) is 11.9. The Morgan fingerprint density at radius 2 is 1.83 bits per heavy atom. The molecular formula is C17H16S. The minimum absolute atomic E-state index is 0.745. The molecule has 0 N–H and O–H groups in total. The highest BCUT2D eigenvalue weighted by Gasteiger charge is 2.26. The molecule has 1 unspecified atom stereocenters. The lowest BCUT2D eigenvalue weighted by Crippen LogP contribution is -1.95. The lowest BCUT2D eigenvalue weighted by Gasteiger charge is -2.14. The zero-order valence-corrected chi connectivity index (χ0v) is 11.2. The van der Waals surface area contributed by atoms with E-state index in [1.165, 1.54) is 35.3 Å². The third kappa shape index (κ3) is 1.54. The van der Waals surface area contributed by atoms with Gasteiger partial charge in [0, 0.05) is 5.25 Å². The van der Waals surface area contributed by atoms with Gasteiger partial charge in [-0.2, -0.15) is 11.8 Å². The van der Waals surface area contributed by atoms with Gasteiger partial charge in [-0.1, -0.05) is 42.5 Å². The van der Waals surface area contributed by atoms with Crippen LogP contribution in [0.3, 0.4) is 0 Å². The standard InChI is InChI=1S/C17H16S/c1-2-6-13-12(5-1)11-16-14(13)7-3-8-15(16)17-9-4-10-18-17/h1-3,5-8,17H,4,9-11H2. The first-order valence-electron chi connectivity index (χ1n) is 6.75. The minimum atomic E-state index is 0.745. The largest absolute Gasteiger partial charge is 0.154 e. The molecule has 2 aromatic carbocycles. The number of benzene rings is 2. The van der Waals surface area contributed by atoms with Crippen molar-refractivity contribution >= 4 is 11.8 Å². The predicted molar refractivity (Wildman–Crippen MR) is 79.1 cm³/mol. The second-order valence-corrected chi connectivity index (χ2v) is 6.52. The van der Waals surface area contributed by atoms with Gasteiger partial charge in [0.2, 0.25) is 0 Å². The Bertz CT molecular complexity index is 594. The van der Waals surface area contributed by atoms with Crippen molar-refractivity contribution in [1.29, 1.82) is 0 Å². The molecule has 0 radical (unpaired) electrons. The first-order chi connectivity index (χ1) is 8.93. The van der Waals surface area contributed by atoms with Crippen molar-refractivity contribution in [2.75, 3.05) is 5.75 Å². The second-order valence-electron chi connectivity index (χ2n) is 5.21. The molecule has 2 aromatic rings. The molecule has 1 aliphatic carbocycles. The quantitative estimate of drug-likeness (QED) is 0.598. The van der Waals surface area contributed by atoms with Crippen molar-refractivity contribution in [3.8, 4) is 11.1 Å². The molecule has 2 aliphatic rings. The lowest BCUT2D eigenvalue weighted by molar-refractivity contribution is 0.823. The number of hydrogen-bond donors (Lipinski definition) is 0. The van der Waals surface area contributed by atoms with Crippen LogP contribution >= 0.6 is 11.8 Å². The van der Waals surface area contributed by atoms with E-state index < -0.39 is 0 Å². The highest BCUT2D eigenvalue weighted by molar-refractivity contribution is 7.99. The van der Waals surface area contributed by atoms with Crippen LogP contribution in [0, 0.1) is 0 Å². The molecule has 18 heavy (non-hydrogen) atoms. The van der Waals surface area contributed by atoms with Gasteiger partial charge < -0.3 is 0 Å². The highest BCUT2D eigenvalue weighted by Crippen LogP contribution is 2.46. The molecule has 0 saturated carbocycles. The smallest absolute Gasteiger partial charge is 0.0300 e. The SMILES string of the molecule is c1ccc2c(c1)Cc1c-2cccc1C1CCCS1. The van der Waals surface area contributed by atoms with Crippen LogP contribution in [0.25, 0.3) is 11.1 Å². The van der Waals surface area contributed by atoms with E-state index in [1.807, 2.05) is 0 Å². The van der Waals surface area contributed by atoms with Crippen LogP contribution in [-0.4, -0.2) is 5.75 Å².